The van der Waals surface area contributed by atoms with Crippen LogP contribution >= 0.6 is 11.6 Å². The summed E-state index contributed by atoms with van der Waals surface area (Å²) in [5.41, 5.74) is -0.0985. The van der Waals surface area contributed by atoms with Gasteiger partial charge in [0, 0.05) is 11.1 Å². The second kappa shape index (κ2) is 9.00. The number of amides is 1. The molecule has 0 bridgehead atoms. The first-order valence-electron chi connectivity index (χ1n) is 7.68. The summed E-state index contributed by atoms with van der Waals surface area (Å²) in [6, 6.07) is 13.4. The Bertz CT molecular complexity index is 740. The molecule has 7 nitrogen and oxygen atoms in total. The average Bonchev–Trinajstić information content (AvgIpc) is 2.55. The molecule has 1 amide bonds. The third-order valence-electron chi connectivity index (χ3n) is 3.43. The number of likely N-dealkylation sites (N-methyl/N-ethyl adjacent to an activating group) is 1. The number of nitrogens with zero attached hydrogens (tertiary/aromatic N) is 1. The van der Waals surface area contributed by atoms with Gasteiger partial charge in [-0.05, 0) is 24.3 Å². The summed E-state index contributed by atoms with van der Waals surface area (Å²) in [6.07, 6.45) is 0. The van der Waals surface area contributed by atoms with Crippen molar-refractivity contribution in [3.8, 4) is 5.75 Å². The molecule has 0 fully saturated rings. The van der Waals surface area contributed by atoms with Gasteiger partial charge in [0.05, 0.1) is 12.0 Å². The van der Waals surface area contributed by atoms with Crippen molar-refractivity contribution >= 4 is 28.9 Å². The fraction of sp³-hybridized carbons (Fsp3) is 0.235. The van der Waals surface area contributed by atoms with Crippen LogP contribution in [0.25, 0.3) is 0 Å². The third-order valence-corrected chi connectivity index (χ3v) is 3.67. The molecule has 8 heteroatoms. The summed E-state index contributed by atoms with van der Waals surface area (Å²) < 4.78 is 5.58. The summed E-state index contributed by atoms with van der Waals surface area (Å²) >= 11 is 5.84. The highest BCUT2D eigenvalue weighted by atomic mass is 35.5. The van der Waals surface area contributed by atoms with E-state index in [-0.39, 0.29) is 23.8 Å². The maximum Gasteiger partial charge on any atom is 0.292 e. The van der Waals surface area contributed by atoms with Gasteiger partial charge < -0.3 is 15.0 Å². The van der Waals surface area contributed by atoms with Crippen LogP contribution < -0.4 is 15.0 Å². The lowest BCUT2D eigenvalue weighted by Gasteiger charge is -2.14. The molecule has 0 aromatic heterocycles. The van der Waals surface area contributed by atoms with Gasteiger partial charge in [-0.1, -0.05) is 29.8 Å². The molecule has 0 radical (unpaired) electrons. The lowest BCUT2D eigenvalue weighted by atomic mass is 10.2. The Kier molecular flexibility index (Phi) is 6.73. The number of carbonyl (C=O) groups is 1. The number of para-hydroxylation sites is 1. The molecule has 0 aliphatic rings. The summed E-state index contributed by atoms with van der Waals surface area (Å²) in [5.74, 6) is 0.442. The molecule has 2 aromatic rings. The Balaban J connectivity index is 1.83. The molecule has 0 heterocycles. The van der Waals surface area contributed by atoms with Crippen molar-refractivity contribution < 1.29 is 19.4 Å². The number of hydrogen-bond donors (Lipinski definition) is 2. The number of halogens is 1. The Morgan fingerprint density at radius 1 is 1.28 bits per heavy atom. The quantitative estimate of drug-likeness (QED) is 0.552. The molecule has 2 aromatic carbocycles. The summed E-state index contributed by atoms with van der Waals surface area (Å²) in [4.78, 5) is 23.5. The maximum absolute atomic E-state index is 12.1. The Morgan fingerprint density at radius 3 is 2.68 bits per heavy atom. The van der Waals surface area contributed by atoms with Gasteiger partial charge in [-0.2, -0.15) is 0 Å². The van der Waals surface area contributed by atoms with Gasteiger partial charge in [0.2, 0.25) is 0 Å². The van der Waals surface area contributed by atoms with Crippen LogP contribution in [-0.2, 0) is 4.79 Å². The monoisotopic (exact) mass is 364 g/mol. The van der Waals surface area contributed by atoms with Crippen molar-refractivity contribution in [2.45, 2.75) is 0 Å². The van der Waals surface area contributed by atoms with E-state index in [4.69, 9.17) is 16.3 Å². The number of hydrogen-bond acceptors (Lipinski definition) is 4. The number of carbonyl (C=O) groups excluding carboxylic acids is 1. The fourth-order valence-corrected chi connectivity index (χ4v) is 2.36. The van der Waals surface area contributed by atoms with E-state index < -0.39 is 4.92 Å². The van der Waals surface area contributed by atoms with Gasteiger partial charge in [0.25, 0.3) is 11.6 Å². The van der Waals surface area contributed by atoms with Crippen LogP contribution in [0.3, 0.4) is 0 Å². The Labute approximate surface area is 150 Å². The van der Waals surface area contributed by atoms with Crippen LogP contribution in [0.15, 0.2) is 48.5 Å². The number of nitro benzene ring substituents is 1. The van der Waals surface area contributed by atoms with Gasteiger partial charge in [-0.25, -0.2) is 0 Å². The molecular formula is C17H19ClN3O4+. The zero-order chi connectivity index (χ0) is 18.2. The highest BCUT2D eigenvalue weighted by Crippen LogP contribution is 2.27. The molecule has 0 spiro atoms. The van der Waals surface area contributed by atoms with Gasteiger partial charge >= 0.3 is 0 Å². The lowest BCUT2D eigenvalue weighted by Crippen LogP contribution is -3.10. The second-order valence-corrected chi connectivity index (χ2v) is 5.95. The molecule has 2 N–H and O–H groups in total. The lowest BCUT2D eigenvalue weighted by molar-refractivity contribution is -0.871. The number of benzene rings is 2. The van der Waals surface area contributed by atoms with Crippen LogP contribution in [0.5, 0.6) is 5.75 Å². The number of nitrogens with one attached hydrogen (secondary N) is 2. The number of ether oxygens (including phenoxy) is 1. The Hall–Kier alpha value is -2.64. The first kappa shape index (κ1) is 18.7. The highest BCUT2D eigenvalue weighted by Gasteiger charge is 2.18. The van der Waals surface area contributed by atoms with E-state index in [0.29, 0.717) is 18.2 Å². The first-order valence-corrected chi connectivity index (χ1v) is 8.06. The molecule has 1 atom stereocenters. The van der Waals surface area contributed by atoms with Crippen molar-refractivity contribution in [3.63, 3.8) is 0 Å². The molecule has 1 unspecified atom stereocenters. The molecule has 25 heavy (non-hydrogen) atoms. The summed E-state index contributed by atoms with van der Waals surface area (Å²) in [6.45, 7) is 1.22. The normalized spacial score (nSPS) is 11.6. The molecular weight excluding hydrogens is 346 g/mol. The minimum Gasteiger partial charge on any atom is -0.488 e. The second-order valence-electron chi connectivity index (χ2n) is 5.51. The molecule has 0 saturated heterocycles. The minimum atomic E-state index is -0.559. The molecule has 2 rings (SSSR count). The first-order chi connectivity index (χ1) is 12.0. The van der Waals surface area contributed by atoms with Crippen molar-refractivity contribution in [2.24, 2.45) is 0 Å². The number of rotatable bonds is 8. The van der Waals surface area contributed by atoms with Gasteiger partial charge in [-0.15, -0.1) is 0 Å². The van der Waals surface area contributed by atoms with E-state index in [9.17, 15) is 14.9 Å². The van der Waals surface area contributed by atoms with E-state index >= 15 is 0 Å². The number of nitro groups is 1. The van der Waals surface area contributed by atoms with Crippen molar-refractivity contribution in [2.75, 3.05) is 32.1 Å². The van der Waals surface area contributed by atoms with Crippen molar-refractivity contribution in [1.82, 2.24) is 0 Å². The molecule has 0 aliphatic heterocycles. The van der Waals surface area contributed by atoms with Gasteiger partial charge in [-0.3, -0.25) is 14.9 Å². The molecule has 132 valence electrons. The standard InChI is InChI=1S/C17H18ClN3O4/c1-20(9-10-25-14-5-3-2-4-6-14)12-17(22)19-15-11-13(18)7-8-16(15)21(23)24/h2-8,11H,9-10,12H2,1H3,(H,19,22)/p+1. The SMILES string of the molecule is C[NH+](CCOc1ccccc1)CC(=O)Nc1cc(Cl)ccc1[N+](=O)[O-]. The van der Waals surface area contributed by atoms with Crippen LogP contribution in [0.1, 0.15) is 0 Å². The van der Waals surface area contributed by atoms with Crippen LogP contribution in [0.4, 0.5) is 11.4 Å². The number of quaternary nitrogens is 1. The van der Waals surface area contributed by atoms with E-state index in [1.54, 1.807) is 0 Å². The third kappa shape index (κ3) is 6.06. The van der Waals surface area contributed by atoms with Crippen LogP contribution in [0.2, 0.25) is 5.02 Å². The summed E-state index contributed by atoms with van der Waals surface area (Å²) in [7, 11) is 1.85. The smallest absolute Gasteiger partial charge is 0.292 e. The van der Waals surface area contributed by atoms with Crippen molar-refractivity contribution in [3.05, 3.63) is 63.7 Å². The van der Waals surface area contributed by atoms with E-state index in [1.165, 1.54) is 18.2 Å². The summed E-state index contributed by atoms with van der Waals surface area (Å²) in [5, 5.41) is 13.9. The van der Waals surface area contributed by atoms with E-state index in [1.807, 2.05) is 37.4 Å². The minimum absolute atomic E-state index is 0.0934. The fourth-order valence-electron chi connectivity index (χ4n) is 2.18. The number of anilines is 1. The zero-order valence-corrected chi connectivity index (χ0v) is 14.5. The largest absolute Gasteiger partial charge is 0.488 e. The van der Waals surface area contributed by atoms with E-state index in [2.05, 4.69) is 5.32 Å². The predicted molar refractivity (Wildman–Crippen MR) is 95.3 cm³/mol. The Morgan fingerprint density at radius 2 is 2.00 bits per heavy atom. The van der Waals surface area contributed by atoms with Gasteiger partial charge in [0.15, 0.2) is 6.54 Å². The van der Waals surface area contributed by atoms with E-state index in [0.717, 1.165) is 10.6 Å². The predicted octanol–water partition coefficient (Wildman–Crippen LogP) is 1.78. The van der Waals surface area contributed by atoms with Crippen molar-refractivity contribution in [1.29, 1.82) is 0 Å². The average molecular weight is 365 g/mol. The zero-order valence-electron chi connectivity index (χ0n) is 13.7. The van der Waals surface area contributed by atoms with Crippen LogP contribution in [-0.4, -0.2) is 37.6 Å². The topological polar surface area (TPSA) is 85.9 Å². The van der Waals surface area contributed by atoms with Gasteiger partial charge in [0.1, 0.15) is 24.6 Å². The highest BCUT2D eigenvalue weighted by molar-refractivity contribution is 6.31. The maximum atomic E-state index is 12.1. The van der Waals surface area contributed by atoms with Crippen LogP contribution in [0, 0.1) is 10.1 Å². The molecule has 0 aliphatic carbocycles. The molecule has 0 saturated carbocycles.